The fourth-order valence-electron chi connectivity index (χ4n) is 1.97. The molecule has 0 saturated heterocycles. The molecule has 106 valence electrons. The van der Waals surface area contributed by atoms with E-state index in [9.17, 15) is 9.90 Å². The highest BCUT2D eigenvalue weighted by Crippen LogP contribution is 2.29. The molecule has 18 heavy (non-hydrogen) atoms. The van der Waals surface area contributed by atoms with Crippen LogP contribution in [0.3, 0.4) is 0 Å². The van der Waals surface area contributed by atoms with E-state index in [4.69, 9.17) is 0 Å². The summed E-state index contributed by atoms with van der Waals surface area (Å²) in [7, 11) is 0. The predicted octanol–water partition coefficient (Wildman–Crippen LogP) is 3.14. The summed E-state index contributed by atoms with van der Waals surface area (Å²) in [5.41, 5.74) is -0.761. The van der Waals surface area contributed by atoms with Crippen LogP contribution in [0.1, 0.15) is 53.4 Å². The summed E-state index contributed by atoms with van der Waals surface area (Å²) in [6.07, 6.45) is 4.13. The fourth-order valence-corrected chi connectivity index (χ4v) is 3.31. The quantitative estimate of drug-likeness (QED) is 0.677. The van der Waals surface area contributed by atoms with E-state index in [1.165, 1.54) is 6.42 Å². The average Bonchev–Trinajstić information content (AvgIpc) is 3.09. The first-order valence-corrected chi connectivity index (χ1v) is 8.05. The topological polar surface area (TPSA) is 49.3 Å². The van der Waals surface area contributed by atoms with Crippen LogP contribution < -0.4 is 5.32 Å². The molecule has 0 aromatic carbocycles. The Morgan fingerprint density at radius 3 is 2.56 bits per heavy atom. The minimum Gasteiger partial charge on any atom is -0.480 e. The first-order chi connectivity index (χ1) is 8.37. The largest absolute Gasteiger partial charge is 0.480 e. The Kier molecular flexibility index (Phi) is 5.99. The lowest BCUT2D eigenvalue weighted by molar-refractivity contribution is -0.144. The number of nitrogens with one attached hydrogen (secondary N) is 1. The second-order valence-corrected chi connectivity index (χ2v) is 7.39. The lowest BCUT2D eigenvalue weighted by atomic mass is 9.96. The molecule has 0 amide bonds. The third kappa shape index (κ3) is 5.19. The zero-order valence-corrected chi connectivity index (χ0v) is 12.8. The maximum absolute atomic E-state index is 11.4. The van der Waals surface area contributed by atoms with Gasteiger partial charge in [-0.2, -0.15) is 11.8 Å². The van der Waals surface area contributed by atoms with Gasteiger partial charge in [0, 0.05) is 11.3 Å². The van der Waals surface area contributed by atoms with Gasteiger partial charge in [0.15, 0.2) is 0 Å². The van der Waals surface area contributed by atoms with Crippen LogP contribution in [-0.4, -0.2) is 33.7 Å². The minimum atomic E-state index is -0.761. The number of carbonyl (C=O) groups is 1. The van der Waals surface area contributed by atoms with E-state index in [-0.39, 0.29) is 0 Å². The van der Waals surface area contributed by atoms with Crippen LogP contribution in [0, 0.1) is 5.92 Å². The Bertz CT molecular complexity index is 281. The van der Waals surface area contributed by atoms with Gasteiger partial charge < -0.3 is 5.11 Å². The van der Waals surface area contributed by atoms with Gasteiger partial charge in [-0.3, -0.25) is 10.1 Å². The first kappa shape index (κ1) is 15.8. The maximum Gasteiger partial charge on any atom is 0.323 e. The molecule has 0 spiro atoms. The molecule has 0 bridgehead atoms. The summed E-state index contributed by atoms with van der Waals surface area (Å²) >= 11 is 1.90. The van der Waals surface area contributed by atoms with Gasteiger partial charge in [-0.25, -0.2) is 0 Å². The standard InChI is InChI=1S/C14H27NO2S/c1-5-10(2)9-18-11(3)8-14(4,13(16)17)15-12-6-7-12/h10-12,15H,5-9H2,1-4H3,(H,16,17). The molecule has 0 aromatic rings. The summed E-state index contributed by atoms with van der Waals surface area (Å²) in [6.45, 7) is 8.42. The van der Waals surface area contributed by atoms with Crippen molar-refractivity contribution in [1.82, 2.24) is 5.32 Å². The van der Waals surface area contributed by atoms with Crippen molar-refractivity contribution < 1.29 is 9.90 Å². The van der Waals surface area contributed by atoms with Gasteiger partial charge in [-0.1, -0.05) is 27.2 Å². The molecular formula is C14H27NO2S. The first-order valence-electron chi connectivity index (χ1n) is 7.00. The second kappa shape index (κ2) is 6.80. The molecule has 3 unspecified atom stereocenters. The molecule has 1 aliphatic rings. The Morgan fingerprint density at radius 1 is 1.50 bits per heavy atom. The van der Waals surface area contributed by atoms with E-state index in [1.807, 2.05) is 18.7 Å². The smallest absolute Gasteiger partial charge is 0.323 e. The summed E-state index contributed by atoms with van der Waals surface area (Å²) in [6, 6.07) is 0.429. The maximum atomic E-state index is 11.4. The van der Waals surface area contributed by atoms with Gasteiger partial charge >= 0.3 is 5.97 Å². The van der Waals surface area contributed by atoms with Crippen molar-refractivity contribution in [3.63, 3.8) is 0 Å². The number of hydrogen-bond donors (Lipinski definition) is 2. The molecule has 0 aromatic heterocycles. The predicted molar refractivity (Wildman–Crippen MR) is 78.2 cm³/mol. The molecule has 3 nitrogen and oxygen atoms in total. The van der Waals surface area contributed by atoms with Crippen molar-refractivity contribution in [3.05, 3.63) is 0 Å². The Hall–Kier alpha value is -0.220. The highest BCUT2D eigenvalue weighted by molar-refractivity contribution is 7.99. The fraction of sp³-hybridized carbons (Fsp3) is 0.929. The summed E-state index contributed by atoms with van der Waals surface area (Å²) in [5, 5.41) is 13.1. The Balaban J connectivity index is 2.41. The molecule has 1 fully saturated rings. The van der Waals surface area contributed by atoms with Crippen molar-refractivity contribution in [2.24, 2.45) is 5.92 Å². The molecule has 3 atom stereocenters. The highest BCUT2D eigenvalue weighted by atomic mass is 32.2. The Labute approximate surface area is 115 Å². The van der Waals surface area contributed by atoms with Gasteiger partial charge in [-0.15, -0.1) is 0 Å². The van der Waals surface area contributed by atoms with Crippen molar-refractivity contribution in [3.8, 4) is 0 Å². The van der Waals surface area contributed by atoms with E-state index in [0.29, 0.717) is 23.6 Å². The molecule has 0 aliphatic heterocycles. The lowest BCUT2D eigenvalue weighted by Crippen LogP contribution is -2.52. The van der Waals surface area contributed by atoms with Crippen LogP contribution in [0.2, 0.25) is 0 Å². The minimum absolute atomic E-state index is 0.381. The van der Waals surface area contributed by atoms with Crippen LogP contribution in [0.15, 0.2) is 0 Å². The number of thioether (sulfide) groups is 1. The van der Waals surface area contributed by atoms with E-state index in [1.54, 1.807) is 0 Å². The SMILES string of the molecule is CCC(C)CSC(C)CC(C)(NC1CC1)C(=O)O. The van der Waals surface area contributed by atoms with Gasteiger partial charge in [0.2, 0.25) is 0 Å². The van der Waals surface area contributed by atoms with E-state index < -0.39 is 11.5 Å². The van der Waals surface area contributed by atoms with Gasteiger partial charge in [0.1, 0.15) is 5.54 Å². The van der Waals surface area contributed by atoms with Crippen molar-refractivity contribution >= 4 is 17.7 Å². The van der Waals surface area contributed by atoms with E-state index in [0.717, 1.165) is 18.6 Å². The normalized spacial score (nSPS) is 22.2. The van der Waals surface area contributed by atoms with Crippen LogP contribution in [0.25, 0.3) is 0 Å². The molecule has 1 saturated carbocycles. The van der Waals surface area contributed by atoms with Crippen LogP contribution >= 0.6 is 11.8 Å². The molecule has 4 heteroatoms. The third-order valence-electron chi connectivity index (χ3n) is 3.63. The van der Waals surface area contributed by atoms with E-state index in [2.05, 4.69) is 26.1 Å². The molecule has 1 rings (SSSR count). The number of carboxylic acids is 1. The molecule has 1 aliphatic carbocycles. The number of hydrogen-bond acceptors (Lipinski definition) is 3. The molecule has 0 heterocycles. The number of rotatable bonds is 9. The monoisotopic (exact) mass is 273 g/mol. The van der Waals surface area contributed by atoms with Gasteiger partial charge in [-0.05, 0) is 37.9 Å². The van der Waals surface area contributed by atoms with E-state index >= 15 is 0 Å². The van der Waals surface area contributed by atoms with Gasteiger partial charge in [0.05, 0.1) is 0 Å². The summed E-state index contributed by atoms with van der Waals surface area (Å²) in [4.78, 5) is 11.4. The zero-order chi connectivity index (χ0) is 13.8. The summed E-state index contributed by atoms with van der Waals surface area (Å²) < 4.78 is 0. The highest BCUT2D eigenvalue weighted by Gasteiger charge is 2.39. The second-order valence-electron chi connectivity index (χ2n) is 5.92. The number of aliphatic carboxylic acids is 1. The lowest BCUT2D eigenvalue weighted by Gasteiger charge is -2.29. The Morgan fingerprint density at radius 2 is 2.11 bits per heavy atom. The number of carboxylic acid groups (broad SMARTS) is 1. The van der Waals surface area contributed by atoms with Crippen LogP contribution in [0.5, 0.6) is 0 Å². The zero-order valence-electron chi connectivity index (χ0n) is 12.0. The summed E-state index contributed by atoms with van der Waals surface area (Å²) in [5.74, 6) is 1.12. The van der Waals surface area contributed by atoms with Crippen molar-refractivity contribution in [2.45, 2.75) is 70.2 Å². The molecular weight excluding hydrogens is 246 g/mol. The average molecular weight is 273 g/mol. The molecule has 2 N–H and O–H groups in total. The third-order valence-corrected chi connectivity index (χ3v) is 5.13. The van der Waals surface area contributed by atoms with Crippen LogP contribution in [0.4, 0.5) is 0 Å². The van der Waals surface area contributed by atoms with Crippen molar-refractivity contribution in [1.29, 1.82) is 0 Å². The van der Waals surface area contributed by atoms with Gasteiger partial charge in [0.25, 0.3) is 0 Å². The van der Waals surface area contributed by atoms with Crippen LogP contribution in [-0.2, 0) is 4.79 Å². The molecule has 0 radical (unpaired) electrons. The van der Waals surface area contributed by atoms with Crippen molar-refractivity contribution in [2.75, 3.05) is 5.75 Å².